The van der Waals surface area contributed by atoms with E-state index in [1.165, 1.54) is 0 Å². The lowest BCUT2D eigenvalue weighted by molar-refractivity contribution is -0.148. The van der Waals surface area contributed by atoms with E-state index in [2.05, 4.69) is 5.32 Å². The number of hydrogen-bond donors (Lipinski definition) is 1. The lowest BCUT2D eigenvalue weighted by Gasteiger charge is -2.36. The molecule has 1 heterocycles. The lowest BCUT2D eigenvalue weighted by Crippen LogP contribution is -2.50. The van der Waals surface area contributed by atoms with Crippen LogP contribution in [-0.2, 0) is 9.53 Å². The van der Waals surface area contributed by atoms with E-state index in [4.69, 9.17) is 9.47 Å². The maximum Gasteiger partial charge on any atom is 0.331 e. The number of benzene rings is 1. The average Bonchev–Trinajstić information content (AvgIpc) is 2.49. The molecule has 110 valence electrons. The molecular formula is C15H21NO3S. The second-order valence-corrected chi connectivity index (χ2v) is 5.99. The molecule has 2 rings (SSSR count). The minimum atomic E-state index is -0.587. The Kier molecular flexibility index (Phi) is 5.17. The summed E-state index contributed by atoms with van der Waals surface area (Å²) in [5.41, 5.74) is 0.335. The molecule has 1 aliphatic rings. The predicted molar refractivity (Wildman–Crippen MR) is 82.5 cm³/mol. The fourth-order valence-corrected chi connectivity index (χ4v) is 3.51. The highest BCUT2D eigenvalue weighted by atomic mass is 32.2. The number of thioether (sulfide) groups is 1. The molecule has 0 aliphatic carbocycles. The Morgan fingerprint density at radius 1 is 1.30 bits per heavy atom. The number of carbonyl (C=O) groups is 1. The zero-order valence-electron chi connectivity index (χ0n) is 12.0. The van der Waals surface area contributed by atoms with Crippen LogP contribution in [0.4, 0.5) is 5.69 Å². The average molecular weight is 295 g/mol. The summed E-state index contributed by atoms with van der Waals surface area (Å²) < 4.78 is 10.4. The van der Waals surface area contributed by atoms with Gasteiger partial charge in [-0.25, -0.2) is 4.79 Å². The van der Waals surface area contributed by atoms with Crippen LogP contribution >= 0.6 is 11.8 Å². The highest BCUT2D eigenvalue weighted by Crippen LogP contribution is 2.32. The Bertz CT molecular complexity index is 441. The van der Waals surface area contributed by atoms with Crippen molar-refractivity contribution >= 4 is 23.4 Å². The second-order valence-electron chi connectivity index (χ2n) is 4.77. The molecule has 0 amide bonds. The number of ether oxygens (including phenoxy) is 2. The highest BCUT2D eigenvalue weighted by Gasteiger charge is 2.41. The van der Waals surface area contributed by atoms with E-state index < -0.39 is 5.54 Å². The summed E-state index contributed by atoms with van der Waals surface area (Å²) in [4.78, 5) is 12.3. The third-order valence-electron chi connectivity index (χ3n) is 3.49. The fourth-order valence-electron chi connectivity index (χ4n) is 2.32. The molecule has 1 aromatic carbocycles. The quantitative estimate of drug-likeness (QED) is 0.846. The molecule has 0 aromatic heterocycles. The van der Waals surface area contributed by atoms with Crippen LogP contribution in [0.15, 0.2) is 24.3 Å². The molecular weight excluding hydrogens is 274 g/mol. The first-order valence-corrected chi connectivity index (χ1v) is 8.03. The summed E-state index contributed by atoms with van der Waals surface area (Å²) in [6, 6.07) is 7.64. The van der Waals surface area contributed by atoms with Crippen molar-refractivity contribution in [3.63, 3.8) is 0 Å². The van der Waals surface area contributed by atoms with Crippen molar-refractivity contribution in [1.82, 2.24) is 0 Å². The third-order valence-corrected chi connectivity index (χ3v) is 4.47. The smallest absolute Gasteiger partial charge is 0.331 e. The summed E-state index contributed by atoms with van der Waals surface area (Å²) in [6.45, 7) is 2.26. The second kappa shape index (κ2) is 6.88. The molecule has 4 nitrogen and oxygen atoms in total. The topological polar surface area (TPSA) is 47.6 Å². The fraction of sp³-hybridized carbons (Fsp3) is 0.533. The Morgan fingerprint density at radius 3 is 2.50 bits per heavy atom. The van der Waals surface area contributed by atoms with Gasteiger partial charge < -0.3 is 14.8 Å². The maximum atomic E-state index is 12.3. The first-order chi connectivity index (χ1) is 9.70. The van der Waals surface area contributed by atoms with Gasteiger partial charge in [0.05, 0.1) is 13.7 Å². The Morgan fingerprint density at radius 2 is 1.95 bits per heavy atom. The summed E-state index contributed by atoms with van der Waals surface area (Å²) in [6.07, 6.45) is 1.59. The van der Waals surface area contributed by atoms with Gasteiger partial charge in [0.15, 0.2) is 0 Å². The lowest BCUT2D eigenvalue weighted by atomic mass is 9.91. The number of esters is 1. The Hall–Kier alpha value is -1.36. The predicted octanol–water partition coefficient (Wildman–Crippen LogP) is 2.94. The third kappa shape index (κ3) is 3.39. The van der Waals surface area contributed by atoms with Crippen molar-refractivity contribution in [2.24, 2.45) is 0 Å². The van der Waals surface area contributed by atoms with Crippen molar-refractivity contribution in [2.45, 2.75) is 25.3 Å². The van der Waals surface area contributed by atoms with Gasteiger partial charge in [-0.05, 0) is 55.5 Å². The number of methoxy groups -OCH3 is 1. The molecule has 0 bridgehead atoms. The van der Waals surface area contributed by atoms with Crippen LogP contribution in [0.25, 0.3) is 0 Å². The van der Waals surface area contributed by atoms with E-state index in [1.54, 1.807) is 7.11 Å². The van der Waals surface area contributed by atoms with E-state index >= 15 is 0 Å². The van der Waals surface area contributed by atoms with Gasteiger partial charge in [-0.1, -0.05) is 0 Å². The van der Waals surface area contributed by atoms with E-state index in [1.807, 2.05) is 43.0 Å². The first-order valence-electron chi connectivity index (χ1n) is 6.87. The monoisotopic (exact) mass is 295 g/mol. The van der Waals surface area contributed by atoms with Crippen LogP contribution in [0.1, 0.15) is 19.8 Å². The van der Waals surface area contributed by atoms with E-state index in [0.29, 0.717) is 6.61 Å². The Labute approximate surface area is 124 Å². The van der Waals surface area contributed by atoms with Crippen molar-refractivity contribution in [3.8, 4) is 5.75 Å². The molecule has 20 heavy (non-hydrogen) atoms. The number of anilines is 1. The van der Waals surface area contributed by atoms with Gasteiger partial charge in [-0.15, -0.1) is 0 Å². The van der Waals surface area contributed by atoms with Crippen molar-refractivity contribution in [3.05, 3.63) is 24.3 Å². The Balaban J connectivity index is 2.15. The summed E-state index contributed by atoms with van der Waals surface area (Å²) >= 11 is 1.88. The SMILES string of the molecule is CCOC(=O)C1(Nc2ccc(OC)cc2)CCSCC1. The molecule has 1 N–H and O–H groups in total. The highest BCUT2D eigenvalue weighted by molar-refractivity contribution is 7.99. The van der Waals surface area contributed by atoms with Gasteiger partial charge in [0.1, 0.15) is 11.3 Å². The normalized spacial score (nSPS) is 17.3. The summed E-state index contributed by atoms with van der Waals surface area (Å²) in [7, 11) is 1.64. The van der Waals surface area contributed by atoms with E-state index in [9.17, 15) is 4.79 Å². The van der Waals surface area contributed by atoms with Crippen LogP contribution in [0, 0.1) is 0 Å². The number of carbonyl (C=O) groups excluding carboxylic acids is 1. The molecule has 0 saturated carbocycles. The van der Waals surface area contributed by atoms with E-state index in [0.717, 1.165) is 35.8 Å². The number of nitrogens with one attached hydrogen (secondary N) is 1. The molecule has 1 aliphatic heterocycles. The van der Waals surface area contributed by atoms with Crippen LogP contribution in [0.5, 0.6) is 5.75 Å². The standard InChI is InChI=1S/C15H21NO3S/c1-3-19-14(17)15(8-10-20-11-9-15)16-12-4-6-13(18-2)7-5-12/h4-7,16H,3,8-11H2,1-2H3. The zero-order valence-corrected chi connectivity index (χ0v) is 12.8. The molecule has 0 radical (unpaired) electrons. The van der Waals surface area contributed by atoms with Gasteiger partial charge in [0, 0.05) is 5.69 Å². The molecule has 5 heteroatoms. The molecule has 1 aromatic rings. The minimum Gasteiger partial charge on any atom is -0.497 e. The van der Waals surface area contributed by atoms with Crippen LogP contribution in [-0.4, -0.2) is 36.7 Å². The maximum absolute atomic E-state index is 12.3. The van der Waals surface area contributed by atoms with Crippen LogP contribution in [0.2, 0.25) is 0 Å². The van der Waals surface area contributed by atoms with Gasteiger partial charge >= 0.3 is 5.97 Å². The first kappa shape index (κ1) is 15.0. The zero-order chi connectivity index (χ0) is 14.4. The minimum absolute atomic E-state index is 0.142. The van der Waals surface area contributed by atoms with Gasteiger partial charge in [-0.3, -0.25) is 0 Å². The van der Waals surface area contributed by atoms with Crippen molar-refractivity contribution in [1.29, 1.82) is 0 Å². The molecule has 0 atom stereocenters. The summed E-state index contributed by atoms with van der Waals surface area (Å²) in [5.74, 6) is 2.61. The van der Waals surface area contributed by atoms with Gasteiger partial charge in [0.25, 0.3) is 0 Å². The van der Waals surface area contributed by atoms with Gasteiger partial charge in [-0.2, -0.15) is 11.8 Å². The van der Waals surface area contributed by atoms with Crippen molar-refractivity contribution < 1.29 is 14.3 Å². The summed E-state index contributed by atoms with van der Waals surface area (Å²) in [5, 5.41) is 3.39. The molecule has 0 unspecified atom stereocenters. The number of rotatable bonds is 5. The number of hydrogen-bond acceptors (Lipinski definition) is 5. The molecule has 0 spiro atoms. The molecule has 1 saturated heterocycles. The van der Waals surface area contributed by atoms with Crippen LogP contribution in [0.3, 0.4) is 0 Å². The van der Waals surface area contributed by atoms with Crippen molar-refractivity contribution in [2.75, 3.05) is 30.5 Å². The molecule has 1 fully saturated rings. The van der Waals surface area contributed by atoms with Gasteiger partial charge in [0.2, 0.25) is 0 Å². The van der Waals surface area contributed by atoms with Crippen LogP contribution < -0.4 is 10.1 Å². The largest absolute Gasteiger partial charge is 0.497 e. The van der Waals surface area contributed by atoms with E-state index in [-0.39, 0.29) is 5.97 Å².